The summed E-state index contributed by atoms with van der Waals surface area (Å²) in [5.74, 6) is 0. The van der Waals surface area contributed by atoms with Crippen molar-refractivity contribution in [3.63, 3.8) is 0 Å². The van der Waals surface area contributed by atoms with Crippen LogP contribution in [-0.4, -0.2) is 26.8 Å². The zero-order valence-electron chi connectivity index (χ0n) is 13.1. The second-order valence-corrected chi connectivity index (χ2v) is 7.38. The van der Waals surface area contributed by atoms with Gasteiger partial charge in [-0.1, -0.05) is 20.8 Å². The number of hydrogen-bond donors (Lipinski definition) is 0. The molecule has 104 valence electrons. The molecule has 1 aromatic heterocycles. The molecule has 0 radical (unpaired) electrons. The third kappa shape index (κ3) is 5.21. The van der Waals surface area contributed by atoms with Gasteiger partial charge in [-0.15, -0.1) is 0 Å². The second-order valence-electron chi connectivity index (χ2n) is 7.38. The lowest BCUT2D eigenvalue weighted by Crippen LogP contribution is -2.42. The highest BCUT2D eigenvalue weighted by molar-refractivity contribution is 4.99. The van der Waals surface area contributed by atoms with Crippen LogP contribution in [-0.2, 0) is 13.6 Å². The predicted octanol–water partition coefficient (Wildman–Crippen LogP) is 3.46. The largest absolute Gasteiger partial charge is 0.293 e. The fraction of sp³-hybridized carbons (Fsp3) is 0.800. The van der Waals surface area contributed by atoms with Crippen LogP contribution in [0.1, 0.15) is 53.7 Å². The normalized spacial score (nSPS) is 13.3. The van der Waals surface area contributed by atoms with E-state index in [2.05, 4.69) is 57.6 Å². The van der Waals surface area contributed by atoms with Gasteiger partial charge in [0, 0.05) is 25.3 Å². The molecule has 0 atom stereocenters. The van der Waals surface area contributed by atoms with Gasteiger partial charge in [0.15, 0.2) is 0 Å². The van der Waals surface area contributed by atoms with Gasteiger partial charge in [0.2, 0.25) is 0 Å². The fourth-order valence-corrected chi connectivity index (χ4v) is 1.87. The van der Waals surface area contributed by atoms with E-state index in [9.17, 15) is 0 Å². The van der Waals surface area contributed by atoms with Crippen molar-refractivity contribution in [2.45, 2.75) is 60.0 Å². The molecule has 1 aromatic rings. The molecule has 0 bridgehead atoms. The van der Waals surface area contributed by atoms with Crippen LogP contribution < -0.4 is 0 Å². The molecule has 3 nitrogen and oxygen atoms in total. The molecule has 1 heterocycles. The Balaban J connectivity index is 2.68. The zero-order valence-corrected chi connectivity index (χ0v) is 13.1. The molecule has 0 saturated carbocycles. The van der Waals surface area contributed by atoms with E-state index in [0.29, 0.717) is 5.41 Å². The highest BCUT2D eigenvalue weighted by Crippen LogP contribution is 2.23. The van der Waals surface area contributed by atoms with Crippen LogP contribution in [0.15, 0.2) is 12.3 Å². The average molecular weight is 251 g/mol. The summed E-state index contributed by atoms with van der Waals surface area (Å²) in [6.45, 7) is 15.8. The standard InChI is InChI=1S/C15H29N3/c1-14(2,3)9-11-18(15(4,5)6)12-13-8-10-17(7)16-13/h8,10H,9,11-12H2,1-7H3. The molecule has 0 aliphatic heterocycles. The summed E-state index contributed by atoms with van der Waals surface area (Å²) in [5, 5.41) is 4.48. The van der Waals surface area contributed by atoms with Crippen molar-refractivity contribution in [3.05, 3.63) is 18.0 Å². The molecule has 0 spiro atoms. The molecule has 18 heavy (non-hydrogen) atoms. The first-order valence-corrected chi connectivity index (χ1v) is 6.81. The molecule has 0 fully saturated rings. The Kier molecular flexibility index (Phi) is 4.60. The van der Waals surface area contributed by atoms with E-state index >= 15 is 0 Å². The van der Waals surface area contributed by atoms with Crippen molar-refractivity contribution in [2.24, 2.45) is 12.5 Å². The quantitative estimate of drug-likeness (QED) is 0.817. The summed E-state index contributed by atoms with van der Waals surface area (Å²) in [5.41, 5.74) is 1.72. The number of rotatable bonds is 4. The van der Waals surface area contributed by atoms with E-state index in [1.165, 1.54) is 6.42 Å². The predicted molar refractivity (Wildman–Crippen MR) is 77.4 cm³/mol. The summed E-state index contributed by atoms with van der Waals surface area (Å²) in [7, 11) is 1.97. The van der Waals surface area contributed by atoms with E-state index in [4.69, 9.17) is 0 Å². The van der Waals surface area contributed by atoms with Crippen LogP contribution in [0, 0.1) is 5.41 Å². The monoisotopic (exact) mass is 251 g/mol. The van der Waals surface area contributed by atoms with Crippen LogP contribution in [0.5, 0.6) is 0 Å². The summed E-state index contributed by atoms with van der Waals surface area (Å²) in [6.07, 6.45) is 3.22. The molecule has 0 aromatic carbocycles. The number of nitrogens with zero attached hydrogens (tertiary/aromatic N) is 3. The smallest absolute Gasteiger partial charge is 0.0764 e. The molecule has 1 rings (SSSR count). The molecular weight excluding hydrogens is 222 g/mol. The van der Waals surface area contributed by atoms with Crippen molar-refractivity contribution < 1.29 is 0 Å². The summed E-state index contributed by atoms with van der Waals surface area (Å²) in [4.78, 5) is 2.51. The van der Waals surface area contributed by atoms with Gasteiger partial charge in [-0.2, -0.15) is 5.10 Å². The topological polar surface area (TPSA) is 21.1 Å². The van der Waals surface area contributed by atoms with Gasteiger partial charge >= 0.3 is 0 Å². The lowest BCUT2D eigenvalue weighted by atomic mass is 9.91. The summed E-state index contributed by atoms with van der Waals surface area (Å²) < 4.78 is 1.87. The maximum Gasteiger partial charge on any atom is 0.0764 e. The maximum atomic E-state index is 4.48. The van der Waals surface area contributed by atoms with Crippen molar-refractivity contribution in [1.29, 1.82) is 0 Å². The first kappa shape index (κ1) is 15.2. The lowest BCUT2D eigenvalue weighted by molar-refractivity contribution is 0.108. The Hall–Kier alpha value is -0.830. The van der Waals surface area contributed by atoms with Crippen molar-refractivity contribution in [1.82, 2.24) is 14.7 Å². The SMILES string of the molecule is Cn1ccc(CN(CCC(C)(C)C)C(C)(C)C)n1. The average Bonchev–Trinajstić information content (AvgIpc) is 2.55. The van der Waals surface area contributed by atoms with Crippen LogP contribution in [0.25, 0.3) is 0 Å². The zero-order chi connectivity index (χ0) is 14.0. The minimum Gasteiger partial charge on any atom is -0.293 e. The van der Waals surface area contributed by atoms with Gasteiger partial charge < -0.3 is 0 Å². The number of aromatic nitrogens is 2. The van der Waals surface area contributed by atoms with E-state index in [0.717, 1.165) is 18.8 Å². The molecule has 0 amide bonds. The van der Waals surface area contributed by atoms with Gasteiger partial charge in [-0.25, -0.2) is 0 Å². The Labute approximate surface area is 112 Å². The van der Waals surface area contributed by atoms with E-state index in [1.807, 2.05) is 17.9 Å². The number of aryl methyl sites for hydroxylation is 1. The van der Waals surface area contributed by atoms with Gasteiger partial charge in [-0.3, -0.25) is 9.58 Å². The van der Waals surface area contributed by atoms with E-state index in [-0.39, 0.29) is 5.54 Å². The maximum absolute atomic E-state index is 4.48. The molecule has 0 saturated heterocycles. The summed E-state index contributed by atoms with van der Waals surface area (Å²) >= 11 is 0. The summed E-state index contributed by atoms with van der Waals surface area (Å²) in [6, 6.07) is 2.11. The fourth-order valence-electron chi connectivity index (χ4n) is 1.87. The Morgan fingerprint density at radius 3 is 2.17 bits per heavy atom. The lowest BCUT2D eigenvalue weighted by Gasteiger charge is -2.37. The van der Waals surface area contributed by atoms with Crippen molar-refractivity contribution in [2.75, 3.05) is 6.54 Å². The van der Waals surface area contributed by atoms with Gasteiger partial charge in [0.05, 0.1) is 5.69 Å². The first-order valence-electron chi connectivity index (χ1n) is 6.81. The molecule has 0 aliphatic carbocycles. The molecular formula is C15H29N3. The van der Waals surface area contributed by atoms with Gasteiger partial charge in [0.25, 0.3) is 0 Å². The van der Waals surface area contributed by atoms with E-state index < -0.39 is 0 Å². The Morgan fingerprint density at radius 1 is 1.17 bits per heavy atom. The molecule has 0 aliphatic rings. The van der Waals surface area contributed by atoms with Gasteiger partial charge in [-0.05, 0) is 45.2 Å². The highest BCUT2D eigenvalue weighted by atomic mass is 15.3. The number of hydrogen-bond acceptors (Lipinski definition) is 2. The highest BCUT2D eigenvalue weighted by Gasteiger charge is 2.23. The Morgan fingerprint density at radius 2 is 1.78 bits per heavy atom. The second kappa shape index (κ2) is 5.43. The van der Waals surface area contributed by atoms with Crippen molar-refractivity contribution in [3.8, 4) is 0 Å². The molecule has 3 heteroatoms. The molecule has 0 N–H and O–H groups in total. The Bertz CT molecular complexity index is 366. The van der Waals surface area contributed by atoms with E-state index in [1.54, 1.807) is 0 Å². The van der Waals surface area contributed by atoms with Crippen LogP contribution in [0.4, 0.5) is 0 Å². The van der Waals surface area contributed by atoms with Crippen LogP contribution in [0.2, 0.25) is 0 Å². The van der Waals surface area contributed by atoms with Crippen LogP contribution >= 0.6 is 0 Å². The van der Waals surface area contributed by atoms with Crippen molar-refractivity contribution >= 4 is 0 Å². The first-order chi connectivity index (χ1) is 8.08. The van der Waals surface area contributed by atoms with Crippen LogP contribution in [0.3, 0.4) is 0 Å². The third-order valence-corrected chi connectivity index (χ3v) is 3.20. The minimum absolute atomic E-state index is 0.183. The van der Waals surface area contributed by atoms with Gasteiger partial charge in [0.1, 0.15) is 0 Å². The molecule has 0 unspecified atom stereocenters. The third-order valence-electron chi connectivity index (χ3n) is 3.20. The minimum atomic E-state index is 0.183.